The molecule has 1 aliphatic heterocycles. The summed E-state index contributed by atoms with van der Waals surface area (Å²) in [6, 6.07) is 0. The number of hydrogen-bond acceptors (Lipinski definition) is 2. The van der Waals surface area contributed by atoms with Crippen LogP contribution in [-0.4, -0.2) is 40.8 Å². The lowest BCUT2D eigenvalue weighted by atomic mass is 9.88. The third kappa shape index (κ3) is 4.37. The molecule has 3 nitrogen and oxygen atoms in total. The van der Waals surface area contributed by atoms with Gasteiger partial charge in [-0.2, -0.15) is 13.2 Å². The van der Waals surface area contributed by atoms with Crippen molar-refractivity contribution < 1.29 is 23.1 Å². The SMILES string of the molecule is CC(C)(C)CCC(=O)N1CCC(O)(C(F)(F)F)CC1. The molecule has 0 radical (unpaired) electrons. The number of alkyl halides is 3. The maximum atomic E-state index is 12.6. The van der Waals surface area contributed by atoms with Gasteiger partial charge >= 0.3 is 6.18 Å². The van der Waals surface area contributed by atoms with Gasteiger partial charge in [-0.05, 0) is 11.8 Å². The van der Waals surface area contributed by atoms with Crippen LogP contribution in [0.3, 0.4) is 0 Å². The number of nitrogens with zero attached hydrogens (tertiary/aromatic N) is 1. The van der Waals surface area contributed by atoms with Crippen LogP contribution in [0.2, 0.25) is 0 Å². The van der Waals surface area contributed by atoms with E-state index in [9.17, 15) is 23.1 Å². The number of carbonyl (C=O) groups is 1. The van der Waals surface area contributed by atoms with Crippen LogP contribution < -0.4 is 0 Å². The molecular weight excluding hydrogens is 259 g/mol. The van der Waals surface area contributed by atoms with Crippen molar-refractivity contribution in [1.82, 2.24) is 4.90 Å². The second-order valence-corrected chi connectivity index (χ2v) is 6.47. The number of carbonyl (C=O) groups excluding carboxylic acids is 1. The van der Waals surface area contributed by atoms with Gasteiger partial charge in [-0.15, -0.1) is 0 Å². The molecule has 0 aromatic rings. The van der Waals surface area contributed by atoms with Gasteiger partial charge in [-0.25, -0.2) is 0 Å². The first-order valence-electron chi connectivity index (χ1n) is 6.51. The van der Waals surface area contributed by atoms with E-state index in [1.807, 2.05) is 20.8 Å². The van der Waals surface area contributed by atoms with E-state index in [0.717, 1.165) is 0 Å². The first kappa shape index (κ1) is 16.3. The number of likely N-dealkylation sites (tertiary alicyclic amines) is 1. The van der Waals surface area contributed by atoms with E-state index < -0.39 is 24.6 Å². The summed E-state index contributed by atoms with van der Waals surface area (Å²) >= 11 is 0. The van der Waals surface area contributed by atoms with Gasteiger partial charge in [-0.1, -0.05) is 20.8 Å². The number of halogens is 3. The molecule has 0 spiro atoms. The van der Waals surface area contributed by atoms with E-state index in [4.69, 9.17) is 0 Å². The van der Waals surface area contributed by atoms with E-state index >= 15 is 0 Å². The number of aliphatic hydroxyl groups is 1. The summed E-state index contributed by atoms with van der Waals surface area (Å²) in [7, 11) is 0. The van der Waals surface area contributed by atoms with Crippen molar-refractivity contribution in [2.24, 2.45) is 5.41 Å². The summed E-state index contributed by atoms with van der Waals surface area (Å²) < 4.78 is 37.8. The minimum atomic E-state index is -4.62. The van der Waals surface area contributed by atoms with Crippen LogP contribution in [-0.2, 0) is 4.79 Å². The summed E-state index contributed by atoms with van der Waals surface area (Å²) in [5.74, 6) is -0.126. The normalized spacial score (nSPS) is 20.5. The molecule has 1 aliphatic rings. The molecule has 1 N–H and O–H groups in total. The van der Waals surface area contributed by atoms with Crippen LogP contribution in [0.25, 0.3) is 0 Å². The van der Waals surface area contributed by atoms with Crippen molar-refractivity contribution >= 4 is 5.91 Å². The fraction of sp³-hybridized carbons (Fsp3) is 0.923. The van der Waals surface area contributed by atoms with E-state index in [2.05, 4.69) is 0 Å². The van der Waals surface area contributed by atoms with Gasteiger partial charge in [0.15, 0.2) is 5.60 Å². The molecule has 1 rings (SSSR count). The highest BCUT2D eigenvalue weighted by Crippen LogP contribution is 2.38. The summed E-state index contributed by atoms with van der Waals surface area (Å²) in [6.07, 6.45) is -4.44. The van der Waals surface area contributed by atoms with Gasteiger partial charge in [0.2, 0.25) is 5.91 Å². The highest BCUT2D eigenvalue weighted by Gasteiger charge is 2.54. The van der Waals surface area contributed by atoms with Crippen LogP contribution in [0.1, 0.15) is 46.5 Å². The molecule has 1 heterocycles. The summed E-state index contributed by atoms with van der Waals surface area (Å²) in [6.45, 7) is 5.98. The Labute approximate surface area is 111 Å². The lowest BCUT2D eigenvalue weighted by molar-refractivity contribution is -0.272. The van der Waals surface area contributed by atoms with E-state index in [1.165, 1.54) is 4.90 Å². The first-order chi connectivity index (χ1) is 8.45. The Morgan fingerprint density at radius 2 is 1.68 bits per heavy atom. The Bertz CT molecular complexity index is 326. The van der Waals surface area contributed by atoms with E-state index in [-0.39, 0.29) is 24.4 Å². The van der Waals surface area contributed by atoms with Crippen molar-refractivity contribution in [3.05, 3.63) is 0 Å². The molecule has 0 aliphatic carbocycles. The molecule has 0 aromatic heterocycles. The number of rotatable bonds is 2. The summed E-state index contributed by atoms with van der Waals surface area (Å²) in [4.78, 5) is 13.3. The quantitative estimate of drug-likeness (QED) is 0.845. The molecule has 6 heteroatoms. The lowest BCUT2D eigenvalue weighted by Crippen LogP contribution is -2.54. The molecule has 112 valence electrons. The Morgan fingerprint density at radius 1 is 1.21 bits per heavy atom. The zero-order chi connectivity index (χ0) is 14.9. The van der Waals surface area contributed by atoms with Crippen molar-refractivity contribution in [2.45, 2.75) is 58.2 Å². The molecule has 0 unspecified atom stereocenters. The Morgan fingerprint density at radius 3 is 2.05 bits per heavy atom. The van der Waals surface area contributed by atoms with Crippen LogP contribution in [0, 0.1) is 5.41 Å². The Hall–Kier alpha value is -0.780. The highest BCUT2D eigenvalue weighted by atomic mass is 19.4. The third-order valence-corrected chi connectivity index (χ3v) is 3.56. The van der Waals surface area contributed by atoms with Gasteiger partial charge in [0.1, 0.15) is 0 Å². The first-order valence-corrected chi connectivity index (χ1v) is 6.51. The third-order valence-electron chi connectivity index (χ3n) is 3.56. The zero-order valence-corrected chi connectivity index (χ0v) is 11.7. The van der Waals surface area contributed by atoms with Gasteiger partial charge in [-0.3, -0.25) is 4.79 Å². The van der Waals surface area contributed by atoms with Crippen molar-refractivity contribution in [1.29, 1.82) is 0 Å². The predicted molar refractivity (Wildman–Crippen MR) is 65.5 cm³/mol. The maximum Gasteiger partial charge on any atom is 0.417 e. The van der Waals surface area contributed by atoms with Gasteiger partial charge in [0, 0.05) is 32.4 Å². The van der Waals surface area contributed by atoms with Gasteiger partial charge in [0.05, 0.1) is 0 Å². The van der Waals surface area contributed by atoms with Crippen LogP contribution in [0.4, 0.5) is 13.2 Å². The molecule has 0 bridgehead atoms. The predicted octanol–water partition coefficient (Wildman–Crippen LogP) is 2.73. The lowest BCUT2D eigenvalue weighted by Gasteiger charge is -2.39. The largest absolute Gasteiger partial charge is 0.417 e. The van der Waals surface area contributed by atoms with Crippen LogP contribution >= 0.6 is 0 Å². The second-order valence-electron chi connectivity index (χ2n) is 6.47. The second kappa shape index (κ2) is 5.31. The number of hydrogen-bond donors (Lipinski definition) is 1. The molecular formula is C13H22F3NO2. The minimum Gasteiger partial charge on any atom is -0.380 e. The summed E-state index contributed by atoms with van der Waals surface area (Å²) in [5, 5.41) is 9.50. The maximum absolute atomic E-state index is 12.6. The van der Waals surface area contributed by atoms with Gasteiger partial charge in [0.25, 0.3) is 0 Å². The van der Waals surface area contributed by atoms with Crippen LogP contribution in [0.5, 0.6) is 0 Å². The van der Waals surface area contributed by atoms with Crippen LogP contribution in [0.15, 0.2) is 0 Å². The standard InChI is InChI=1S/C13H22F3NO2/c1-11(2,3)5-4-10(18)17-8-6-12(19,7-9-17)13(14,15)16/h19H,4-9H2,1-3H3. The molecule has 19 heavy (non-hydrogen) atoms. The van der Waals surface area contributed by atoms with Crippen molar-refractivity contribution in [3.63, 3.8) is 0 Å². The molecule has 1 amide bonds. The van der Waals surface area contributed by atoms with Gasteiger partial charge < -0.3 is 10.0 Å². The molecule has 0 atom stereocenters. The number of piperidine rings is 1. The van der Waals surface area contributed by atoms with Crippen molar-refractivity contribution in [3.8, 4) is 0 Å². The molecule has 1 fully saturated rings. The topological polar surface area (TPSA) is 40.5 Å². The summed E-state index contributed by atoms with van der Waals surface area (Å²) in [5.41, 5.74) is -2.61. The smallest absolute Gasteiger partial charge is 0.380 e. The average Bonchev–Trinajstić information content (AvgIpc) is 2.24. The average molecular weight is 281 g/mol. The monoisotopic (exact) mass is 281 g/mol. The minimum absolute atomic E-state index is 0.0259. The Kier molecular flexibility index (Phi) is 4.55. The Balaban J connectivity index is 2.48. The highest BCUT2D eigenvalue weighted by molar-refractivity contribution is 5.76. The fourth-order valence-electron chi connectivity index (χ4n) is 2.05. The van der Waals surface area contributed by atoms with E-state index in [1.54, 1.807) is 0 Å². The number of amides is 1. The van der Waals surface area contributed by atoms with E-state index in [0.29, 0.717) is 12.8 Å². The van der Waals surface area contributed by atoms with Crippen molar-refractivity contribution in [2.75, 3.05) is 13.1 Å². The molecule has 0 aromatic carbocycles. The molecule has 1 saturated heterocycles. The molecule has 0 saturated carbocycles. The fourth-order valence-corrected chi connectivity index (χ4v) is 2.05. The zero-order valence-electron chi connectivity index (χ0n) is 11.7.